The lowest BCUT2D eigenvalue weighted by molar-refractivity contribution is 0.301. The second-order valence-electron chi connectivity index (χ2n) is 4.87. The third kappa shape index (κ3) is 2.40. The summed E-state index contributed by atoms with van der Waals surface area (Å²) in [7, 11) is 0. The smallest absolute Gasteiger partial charge is 0.0745 e. The summed E-state index contributed by atoms with van der Waals surface area (Å²) in [6, 6.07) is 6.50. The number of anilines is 2. The molecular formula is C14H16BrN3O. The topological polar surface area (TPSA) is 62.4 Å². The van der Waals surface area contributed by atoms with E-state index in [-0.39, 0.29) is 6.61 Å². The lowest BCUT2D eigenvalue weighted by Gasteiger charge is -2.26. The zero-order chi connectivity index (χ0) is 13.4. The molecule has 0 unspecified atom stereocenters. The number of fused-ring (bicyclic) bond motifs is 1. The lowest BCUT2D eigenvalue weighted by Crippen LogP contribution is -2.30. The minimum absolute atomic E-state index is 0.133. The minimum Gasteiger partial charge on any atom is -0.396 e. The van der Waals surface area contributed by atoms with Crippen LogP contribution in [0.3, 0.4) is 0 Å². The van der Waals surface area contributed by atoms with Crippen molar-refractivity contribution in [3.63, 3.8) is 0 Å². The molecule has 100 valence electrons. The number of rotatable bonds is 4. The van der Waals surface area contributed by atoms with Gasteiger partial charge in [-0.15, -0.1) is 0 Å². The molecule has 3 N–H and O–H groups in total. The summed E-state index contributed by atoms with van der Waals surface area (Å²) in [6.07, 6.45) is 4.03. The lowest BCUT2D eigenvalue weighted by atomic mass is 10.1. The Morgan fingerprint density at radius 3 is 2.89 bits per heavy atom. The second-order valence-corrected chi connectivity index (χ2v) is 5.79. The van der Waals surface area contributed by atoms with Crippen LogP contribution < -0.4 is 10.6 Å². The quantitative estimate of drug-likeness (QED) is 0.908. The summed E-state index contributed by atoms with van der Waals surface area (Å²) in [5.41, 5.74) is 8.73. The number of nitrogens with two attached hydrogens (primary N) is 1. The van der Waals surface area contributed by atoms with Crippen LogP contribution in [0.2, 0.25) is 0 Å². The molecular weight excluding hydrogens is 306 g/mol. The van der Waals surface area contributed by atoms with E-state index in [9.17, 15) is 5.11 Å². The van der Waals surface area contributed by atoms with Crippen LogP contribution >= 0.6 is 15.9 Å². The number of benzene rings is 1. The van der Waals surface area contributed by atoms with Crippen LogP contribution in [0, 0.1) is 0 Å². The zero-order valence-electron chi connectivity index (χ0n) is 10.5. The molecule has 0 radical (unpaired) electrons. The van der Waals surface area contributed by atoms with E-state index in [0.717, 1.165) is 33.9 Å². The summed E-state index contributed by atoms with van der Waals surface area (Å²) in [4.78, 5) is 6.58. The summed E-state index contributed by atoms with van der Waals surface area (Å²) in [6.45, 7) is 0.744. The van der Waals surface area contributed by atoms with E-state index in [2.05, 4.69) is 25.8 Å². The molecule has 0 atom stereocenters. The predicted molar refractivity (Wildman–Crippen MR) is 81.3 cm³/mol. The average molecular weight is 322 g/mol. The number of halogens is 1. The average Bonchev–Trinajstić information content (AvgIpc) is 3.21. The Morgan fingerprint density at radius 1 is 1.42 bits per heavy atom. The van der Waals surface area contributed by atoms with Crippen LogP contribution in [0.1, 0.15) is 12.8 Å². The van der Waals surface area contributed by atoms with Gasteiger partial charge < -0.3 is 15.7 Å². The number of hydrogen-bond donors (Lipinski definition) is 2. The van der Waals surface area contributed by atoms with Crippen molar-refractivity contribution < 1.29 is 5.11 Å². The molecule has 1 aromatic heterocycles. The monoisotopic (exact) mass is 321 g/mol. The van der Waals surface area contributed by atoms with E-state index in [1.165, 1.54) is 0 Å². The van der Waals surface area contributed by atoms with Crippen LogP contribution in [0.5, 0.6) is 0 Å². The minimum atomic E-state index is 0.133. The van der Waals surface area contributed by atoms with Gasteiger partial charge in [0, 0.05) is 22.4 Å². The molecule has 0 saturated heterocycles. The molecule has 1 aromatic carbocycles. The van der Waals surface area contributed by atoms with Crippen LogP contribution in [0.25, 0.3) is 10.9 Å². The van der Waals surface area contributed by atoms with Crippen molar-refractivity contribution in [2.45, 2.75) is 18.9 Å². The van der Waals surface area contributed by atoms with E-state index in [1.54, 1.807) is 6.20 Å². The highest BCUT2D eigenvalue weighted by Crippen LogP contribution is 2.39. The van der Waals surface area contributed by atoms with Gasteiger partial charge in [0.05, 0.1) is 29.7 Å². The largest absolute Gasteiger partial charge is 0.396 e. The van der Waals surface area contributed by atoms with Crippen molar-refractivity contribution in [1.29, 1.82) is 0 Å². The highest BCUT2D eigenvalue weighted by molar-refractivity contribution is 9.10. The fraction of sp³-hybridized carbons (Fsp3) is 0.357. The first-order valence-corrected chi connectivity index (χ1v) is 7.21. The molecule has 1 saturated carbocycles. The third-order valence-corrected chi connectivity index (χ3v) is 3.94. The van der Waals surface area contributed by atoms with Crippen LogP contribution in [0.15, 0.2) is 28.9 Å². The fourth-order valence-electron chi connectivity index (χ4n) is 2.46. The second kappa shape index (κ2) is 4.98. The maximum Gasteiger partial charge on any atom is 0.0745 e. The van der Waals surface area contributed by atoms with Crippen LogP contribution in [-0.2, 0) is 0 Å². The first-order chi connectivity index (χ1) is 9.20. The summed E-state index contributed by atoms with van der Waals surface area (Å²) >= 11 is 3.50. The van der Waals surface area contributed by atoms with Gasteiger partial charge in [0.2, 0.25) is 0 Å². The maximum atomic E-state index is 9.28. The molecule has 3 rings (SSSR count). The Morgan fingerprint density at radius 2 is 2.21 bits per heavy atom. The van der Waals surface area contributed by atoms with E-state index in [4.69, 9.17) is 5.73 Å². The van der Waals surface area contributed by atoms with E-state index in [1.807, 2.05) is 18.2 Å². The van der Waals surface area contributed by atoms with E-state index >= 15 is 0 Å². The third-order valence-electron chi connectivity index (χ3n) is 3.45. The molecule has 0 bridgehead atoms. The highest BCUT2D eigenvalue weighted by atomic mass is 79.9. The Bertz CT molecular complexity index is 608. The standard InChI is InChI=1S/C14H16BrN3O/c15-9-1-4-13-11(7-9)14(12(16)8-17-13)18(5-6-19)10-2-3-10/h1,4,7-8,10,19H,2-3,5-6,16H2. The van der Waals surface area contributed by atoms with Gasteiger partial charge in [0.25, 0.3) is 0 Å². The van der Waals surface area contributed by atoms with Gasteiger partial charge >= 0.3 is 0 Å². The normalized spacial score (nSPS) is 14.8. The van der Waals surface area contributed by atoms with Crippen molar-refractivity contribution in [1.82, 2.24) is 4.98 Å². The SMILES string of the molecule is Nc1cnc2ccc(Br)cc2c1N(CCO)C1CC1. The molecule has 1 aliphatic carbocycles. The van der Waals surface area contributed by atoms with Crippen molar-refractivity contribution in [3.05, 3.63) is 28.9 Å². The summed E-state index contributed by atoms with van der Waals surface area (Å²) in [5, 5.41) is 10.3. The molecule has 1 fully saturated rings. The van der Waals surface area contributed by atoms with Gasteiger partial charge in [-0.05, 0) is 31.0 Å². The molecule has 5 heteroatoms. The molecule has 0 aliphatic heterocycles. The molecule has 1 heterocycles. The van der Waals surface area contributed by atoms with Gasteiger partial charge in [-0.3, -0.25) is 4.98 Å². The fourth-order valence-corrected chi connectivity index (χ4v) is 2.82. The molecule has 4 nitrogen and oxygen atoms in total. The molecule has 19 heavy (non-hydrogen) atoms. The van der Waals surface area contributed by atoms with E-state index < -0.39 is 0 Å². The number of aromatic nitrogens is 1. The van der Waals surface area contributed by atoms with Gasteiger partial charge in [-0.25, -0.2) is 0 Å². The maximum absolute atomic E-state index is 9.28. The van der Waals surface area contributed by atoms with Gasteiger partial charge in [0.1, 0.15) is 0 Å². The molecule has 2 aromatic rings. The number of aliphatic hydroxyl groups excluding tert-OH is 1. The predicted octanol–water partition coefficient (Wildman–Crippen LogP) is 2.54. The number of aliphatic hydroxyl groups is 1. The first-order valence-electron chi connectivity index (χ1n) is 6.42. The molecule has 0 amide bonds. The molecule has 1 aliphatic rings. The Kier molecular flexibility index (Phi) is 3.33. The summed E-state index contributed by atoms with van der Waals surface area (Å²) in [5.74, 6) is 0. The van der Waals surface area contributed by atoms with Gasteiger partial charge in [0.15, 0.2) is 0 Å². The summed E-state index contributed by atoms with van der Waals surface area (Å²) < 4.78 is 1.01. The van der Waals surface area contributed by atoms with Gasteiger partial charge in [-0.2, -0.15) is 0 Å². The van der Waals surface area contributed by atoms with E-state index in [0.29, 0.717) is 18.3 Å². The van der Waals surface area contributed by atoms with Crippen LogP contribution in [-0.4, -0.2) is 29.3 Å². The van der Waals surface area contributed by atoms with Crippen molar-refractivity contribution >= 4 is 38.2 Å². The van der Waals surface area contributed by atoms with Crippen molar-refractivity contribution in [3.8, 4) is 0 Å². The van der Waals surface area contributed by atoms with Crippen molar-refractivity contribution in [2.24, 2.45) is 0 Å². The number of hydrogen-bond acceptors (Lipinski definition) is 4. The first kappa shape index (κ1) is 12.7. The number of nitrogens with zero attached hydrogens (tertiary/aromatic N) is 2. The van der Waals surface area contributed by atoms with Crippen LogP contribution in [0.4, 0.5) is 11.4 Å². The van der Waals surface area contributed by atoms with Crippen molar-refractivity contribution in [2.75, 3.05) is 23.8 Å². The highest BCUT2D eigenvalue weighted by Gasteiger charge is 2.31. The number of nitrogen functional groups attached to an aromatic ring is 1. The zero-order valence-corrected chi connectivity index (χ0v) is 12.1. The Labute approximate surface area is 120 Å². The molecule has 0 spiro atoms. The van der Waals surface area contributed by atoms with Gasteiger partial charge in [-0.1, -0.05) is 15.9 Å². The Hall–Kier alpha value is -1.33. The Balaban J connectivity index is 2.18. The number of pyridine rings is 1.